The van der Waals surface area contributed by atoms with Crippen LogP contribution in [0, 0.1) is 11.3 Å². The summed E-state index contributed by atoms with van der Waals surface area (Å²) in [6, 6.07) is 2.94. The maximum absolute atomic E-state index is 12.2. The van der Waals surface area contributed by atoms with E-state index in [-0.39, 0.29) is 15.2 Å². The Bertz CT molecular complexity index is 375. The van der Waals surface area contributed by atoms with Gasteiger partial charge in [0.05, 0.1) is 5.02 Å². The van der Waals surface area contributed by atoms with E-state index in [1.807, 2.05) is 0 Å². The second-order valence-electron chi connectivity index (χ2n) is 2.10. The fourth-order valence-electron chi connectivity index (χ4n) is 0.719. The van der Waals surface area contributed by atoms with E-state index in [9.17, 15) is 8.78 Å². The predicted octanol–water partition coefficient (Wildman–Crippen LogP) is 3.31. The van der Waals surface area contributed by atoms with E-state index >= 15 is 0 Å². The zero-order valence-corrected chi connectivity index (χ0v) is 8.40. The minimum Gasteiger partial charge on any atom is -0.234 e. The number of hydrogen-bond donors (Lipinski definition) is 0. The van der Waals surface area contributed by atoms with Crippen molar-refractivity contribution in [3.63, 3.8) is 0 Å². The van der Waals surface area contributed by atoms with E-state index in [1.54, 1.807) is 6.07 Å². The van der Waals surface area contributed by atoms with Gasteiger partial charge in [-0.15, -0.1) is 0 Å². The van der Waals surface area contributed by atoms with Crippen LogP contribution in [0.5, 0.6) is 0 Å². The molecule has 0 aromatic carbocycles. The molecule has 2 nitrogen and oxygen atoms in total. The summed E-state index contributed by atoms with van der Waals surface area (Å²) in [5.41, 5.74) is -0.667. The molecule has 0 radical (unpaired) electrons. The van der Waals surface area contributed by atoms with Gasteiger partial charge in [-0.25, -0.2) is 13.8 Å². The summed E-state index contributed by atoms with van der Waals surface area (Å²) in [5, 5.41) is 8.28. The third-order valence-electron chi connectivity index (χ3n) is 1.26. The molecule has 0 saturated heterocycles. The van der Waals surface area contributed by atoms with Gasteiger partial charge < -0.3 is 0 Å². The monoisotopic (exact) mass is 266 g/mol. The number of nitrogens with zero attached hydrogens (tertiary/aromatic N) is 2. The molecule has 1 heterocycles. The molecule has 0 aliphatic rings. The van der Waals surface area contributed by atoms with Crippen molar-refractivity contribution in [1.82, 2.24) is 4.98 Å². The van der Waals surface area contributed by atoms with Gasteiger partial charge >= 0.3 is 0 Å². The molecule has 1 aromatic heterocycles. The summed E-state index contributed by atoms with van der Waals surface area (Å²) in [7, 11) is 0. The quantitative estimate of drug-likeness (QED) is 0.783. The van der Waals surface area contributed by atoms with Crippen molar-refractivity contribution in [2.24, 2.45) is 0 Å². The topological polar surface area (TPSA) is 36.7 Å². The van der Waals surface area contributed by atoms with E-state index in [0.29, 0.717) is 0 Å². The van der Waals surface area contributed by atoms with Crippen molar-refractivity contribution in [2.45, 2.75) is 6.43 Å². The van der Waals surface area contributed by atoms with Crippen LogP contribution in [0.3, 0.4) is 0 Å². The van der Waals surface area contributed by atoms with Crippen molar-refractivity contribution in [2.75, 3.05) is 0 Å². The molecule has 0 unspecified atom stereocenters. The molecule has 68 valence electrons. The fraction of sp³-hybridized carbons (Fsp3) is 0.143. The molecule has 0 saturated carbocycles. The van der Waals surface area contributed by atoms with Crippen LogP contribution in [0.1, 0.15) is 17.8 Å². The van der Waals surface area contributed by atoms with Gasteiger partial charge in [-0.3, -0.25) is 0 Å². The van der Waals surface area contributed by atoms with Crippen molar-refractivity contribution in [3.8, 4) is 6.07 Å². The first-order chi connectivity index (χ1) is 6.06. The molecule has 1 rings (SSSR count). The minimum absolute atomic E-state index is 0.0911. The molecule has 13 heavy (non-hydrogen) atoms. The van der Waals surface area contributed by atoms with Crippen molar-refractivity contribution >= 4 is 27.5 Å². The van der Waals surface area contributed by atoms with Crippen molar-refractivity contribution < 1.29 is 8.78 Å². The zero-order chi connectivity index (χ0) is 10.0. The number of halogens is 4. The Kier molecular flexibility index (Phi) is 3.17. The van der Waals surface area contributed by atoms with E-state index < -0.39 is 12.1 Å². The SMILES string of the molecule is N#Cc1cc(Br)c(Cl)c(C(F)F)n1. The average molecular weight is 267 g/mol. The van der Waals surface area contributed by atoms with E-state index in [0.717, 1.165) is 0 Å². The van der Waals surface area contributed by atoms with Gasteiger partial charge in [0, 0.05) is 4.47 Å². The summed E-state index contributed by atoms with van der Waals surface area (Å²) in [6.45, 7) is 0. The predicted molar refractivity (Wildman–Crippen MR) is 46.6 cm³/mol. The number of aromatic nitrogens is 1. The molecule has 0 atom stereocenters. The summed E-state index contributed by atoms with van der Waals surface area (Å²) in [6.07, 6.45) is -2.78. The van der Waals surface area contributed by atoms with Crippen LogP contribution in [0.15, 0.2) is 10.5 Å². The van der Waals surface area contributed by atoms with Gasteiger partial charge in [-0.1, -0.05) is 11.6 Å². The summed E-state index contributed by atoms with van der Waals surface area (Å²) >= 11 is 8.47. The molecule has 0 aliphatic carbocycles. The Balaban J connectivity index is 3.35. The first-order valence-electron chi connectivity index (χ1n) is 3.10. The molecular formula is C7H2BrClF2N2. The lowest BCUT2D eigenvalue weighted by atomic mass is 10.3. The lowest BCUT2D eigenvalue weighted by Gasteiger charge is -2.03. The van der Waals surface area contributed by atoms with E-state index in [2.05, 4.69) is 20.9 Å². The van der Waals surface area contributed by atoms with Gasteiger partial charge in [-0.2, -0.15) is 5.26 Å². The van der Waals surface area contributed by atoms with Crippen LogP contribution in [0.2, 0.25) is 5.02 Å². The van der Waals surface area contributed by atoms with Crippen LogP contribution in [0.25, 0.3) is 0 Å². The maximum atomic E-state index is 12.2. The molecule has 0 amide bonds. The molecule has 1 aromatic rings. The first-order valence-corrected chi connectivity index (χ1v) is 4.27. The van der Waals surface area contributed by atoms with Crippen LogP contribution in [-0.4, -0.2) is 4.98 Å². The number of nitriles is 1. The number of pyridine rings is 1. The normalized spacial score (nSPS) is 10.2. The van der Waals surface area contributed by atoms with Crippen LogP contribution in [-0.2, 0) is 0 Å². The highest BCUT2D eigenvalue weighted by molar-refractivity contribution is 9.10. The van der Waals surface area contributed by atoms with Gasteiger partial charge in [0.25, 0.3) is 6.43 Å². The molecule has 0 aliphatic heterocycles. The van der Waals surface area contributed by atoms with E-state index in [4.69, 9.17) is 16.9 Å². The second-order valence-corrected chi connectivity index (χ2v) is 3.33. The summed E-state index contributed by atoms with van der Waals surface area (Å²) < 4.78 is 24.7. The van der Waals surface area contributed by atoms with Crippen molar-refractivity contribution in [1.29, 1.82) is 5.26 Å². The van der Waals surface area contributed by atoms with Crippen LogP contribution in [0.4, 0.5) is 8.78 Å². The second kappa shape index (κ2) is 3.99. The average Bonchev–Trinajstić information content (AvgIpc) is 2.09. The Morgan fingerprint density at radius 3 is 2.69 bits per heavy atom. The lowest BCUT2D eigenvalue weighted by Crippen LogP contribution is -1.95. The van der Waals surface area contributed by atoms with Gasteiger partial charge in [-0.05, 0) is 22.0 Å². The van der Waals surface area contributed by atoms with Crippen molar-refractivity contribution in [3.05, 3.63) is 26.9 Å². The Morgan fingerprint density at radius 2 is 2.23 bits per heavy atom. The Morgan fingerprint density at radius 1 is 1.62 bits per heavy atom. The summed E-state index contributed by atoms with van der Waals surface area (Å²) in [5.74, 6) is 0. The Labute approximate surface area is 86.3 Å². The standard InChI is InChI=1S/C7H2BrClF2N2/c8-4-1-3(2-12)13-6(5(4)9)7(10)11/h1,7H. The van der Waals surface area contributed by atoms with Gasteiger partial charge in [0.15, 0.2) is 0 Å². The molecular weight excluding hydrogens is 265 g/mol. The molecule has 6 heteroatoms. The van der Waals surface area contributed by atoms with Gasteiger partial charge in [0.1, 0.15) is 17.5 Å². The van der Waals surface area contributed by atoms with Gasteiger partial charge in [0.2, 0.25) is 0 Å². The highest BCUT2D eigenvalue weighted by atomic mass is 79.9. The number of alkyl halides is 2. The Hall–Kier alpha value is -0.730. The third-order valence-corrected chi connectivity index (χ3v) is 2.51. The third kappa shape index (κ3) is 2.14. The number of rotatable bonds is 1. The van der Waals surface area contributed by atoms with E-state index in [1.165, 1.54) is 6.07 Å². The van der Waals surface area contributed by atoms with Crippen LogP contribution < -0.4 is 0 Å². The number of hydrogen-bond acceptors (Lipinski definition) is 2. The fourth-order valence-corrected chi connectivity index (χ4v) is 1.32. The molecule has 0 spiro atoms. The van der Waals surface area contributed by atoms with Crippen LogP contribution >= 0.6 is 27.5 Å². The molecule has 0 fully saturated rings. The largest absolute Gasteiger partial charge is 0.281 e. The lowest BCUT2D eigenvalue weighted by molar-refractivity contribution is 0.146. The molecule has 0 bridgehead atoms. The molecule has 0 N–H and O–H groups in total. The summed E-state index contributed by atoms with van der Waals surface area (Å²) in [4.78, 5) is 3.38. The minimum atomic E-state index is -2.78. The highest BCUT2D eigenvalue weighted by Crippen LogP contribution is 2.31. The highest BCUT2D eigenvalue weighted by Gasteiger charge is 2.17. The maximum Gasteiger partial charge on any atom is 0.281 e. The zero-order valence-electron chi connectivity index (χ0n) is 6.06. The smallest absolute Gasteiger partial charge is 0.234 e. The first kappa shape index (κ1) is 10.4.